The Morgan fingerprint density at radius 1 is 1.52 bits per heavy atom. The highest BCUT2D eigenvalue weighted by Gasteiger charge is 2.27. The fourth-order valence-corrected chi connectivity index (χ4v) is 2.95. The number of carbonyl (C=O) groups excluding carboxylic acids is 1. The summed E-state index contributed by atoms with van der Waals surface area (Å²) in [6.45, 7) is 3.21. The Kier molecular flexibility index (Phi) is 4.10. The van der Waals surface area contributed by atoms with Gasteiger partial charge in [-0.3, -0.25) is 4.79 Å². The van der Waals surface area contributed by atoms with Gasteiger partial charge >= 0.3 is 0 Å². The number of rotatable bonds is 3. The molecule has 3 heterocycles. The molecule has 1 aliphatic heterocycles. The third kappa shape index (κ3) is 3.36. The van der Waals surface area contributed by atoms with Crippen LogP contribution in [0.15, 0.2) is 23.7 Å². The number of hydrogen-bond donors (Lipinski definition) is 0. The Morgan fingerprint density at radius 2 is 2.43 bits per heavy atom. The van der Waals surface area contributed by atoms with Crippen molar-refractivity contribution in [2.75, 3.05) is 13.1 Å². The summed E-state index contributed by atoms with van der Waals surface area (Å²) in [6, 6.07) is 3.56. The van der Waals surface area contributed by atoms with E-state index in [0.717, 1.165) is 24.4 Å². The highest BCUT2D eigenvalue weighted by Crippen LogP contribution is 2.18. The van der Waals surface area contributed by atoms with Crippen molar-refractivity contribution in [2.24, 2.45) is 0 Å². The monoisotopic (exact) mass is 304 g/mol. The molecule has 21 heavy (non-hydrogen) atoms. The first-order valence-electron chi connectivity index (χ1n) is 6.88. The van der Waals surface area contributed by atoms with Crippen molar-refractivity contribution in [3.05, 3.63) is 34.4 Å². The maximum Gasteiger partial charge on any atom is 0.273 e. The van der Waals surface area contributed by atoms with Crippen LogP contribution in [0.1, 0.15) is 28.3 Å². The number of hydrogen-bond acceptors (Lipinski definition) is 6. The summed E-state index contributed by atoms with van der Waals surface area (Å²) in [5.41, 5.74) is 0.526. The number of ether oxygens (including phenoxy) is 1. The molecule has 110 valence electrons. The number of nitrogens with zero attached hydrogens (tertiary/aromatic N) is 4. The molecule has 0 radical (unpaired) electrons. The lowest BCUT2D eigenvalue weighted by Gasteiger charge is -2.32. The summed E-state index contributed by atoms with van der Waals surface area (Å²) in [5, 5.41) is 10.4. The lowest BCUT2D eigenvalue weighted by atomic mass is 10.1. The largest absolute Gasteiger partial charge is 0.471 e. The van der Waals surface area contributed by atoms with Crippen molar-refractivity contribution in [1.29, 1.82) is 0 Å². The van der Waals surface area contributed by atoms with E-state index < -0.39 is 0 Å². The van der Waals surface area contributed by atoms with Crippen molar-refractivity contribution in [3.8, 4) is 5.88 Å². The van der Waals surface area contributed by atoms with Gasteiger partial charge in [-0.25, -0.2) is 4.98 Å². The molecule has 1 saturated heterocycles. The van der Waals surface area contributed by atoms with E-state index >= 15 is 0 Å². The van der Waals surface area contributed by atoms with Gasteiger partial charge < -0.3 is 9.64 Å². The second-order valence-electron chi connectivity index (χ2n) is 4.95. The van der Waals surface area contributed by atoms with Crippen molar-refractivity contribution >= 4 is 17.2 Å². The molecule has 7 heteroatoms. The fraction of sp³-hybridized carbons (Fsp3) is 0.429. The van der Waals surface area contributed by atoms with Gasteiger partial charge in [0.05, 0.1) is 11.6 Å². The molecular weight excluding hydrogens is 288 g/mol. The Bertz CT molecular complexity index is 616. The zero-order valence-corrected chi connectivity index (χ0v) is 12.5. The van der Waals surface area contributed by atoms with E-state index in [-0.39, 0.29) is 12.0 Å². The van der Waals surface area contributed by atoms with Gasteiger partial charge in [-0.05, 0) is 25.8 Å². The molecular formula is C14H16N4O2S. The summed E-state index contributed by atoms with van der Waals surface area (Å²) in [4.78, 5) is 18.5. The van der Waals surface area contributed by atoms with Crippen LogP contribution in [0.2, 0.25) is 0 Å². The maximum atomic E-state index is 12.4. The molecule has 0 N–H and O–H groups in total. The van der Waals surface area contributed by atoms with E-state index in [1.165, 1.54) is 11.3 Å². The summed E-state index contributed by atoms with van der Waals surface area (Å²) in [5.74, 6) is 0.480. The highest BCUT2D eigenvalue weighted by atomic mass is 32.1. The molecule has 0 aliphatic carbocycles. The number of amides is 1. The van der Waals surface area contributed by atoms with Gasteiger partial charge in [0.1, 0.15) is 11.8 Å². The first-order chi connectivity index (χ1) is 10.2. The third-order valence-electron chi connectivity index (χ3n) is 3.34. The molecule has 6 nitrogen and oxygen atoms in total. The smallest absolute Gasteiger partial charge is 0.273 e. The van der Waals surface area contributed by atoms with E-state index in [1.54, 1.807) is 23.2 Å². The number of carbonyl (C=O) groups is 1. The number of piperidine rings is 1. The van der Waals surface area contributed by atoms with E-state index in [9.17, 15) is 4.79 Å². The predicted octanol–water partition coefficient (Wildman–Crippen LogP) is 1.93. The van der Waals surface area contributed by atoms with Crippen LogP contribution in [0.4, 0.5) is 0 Å². The van der Waals surface area contributed by atoms with Gasteiger partial charge in [0.2, 0.25) is 5.88 Å². The summed E-state index contributed by atoms with van der Waals surface area (Å²) < 4.78 is 5.79. The molecule has 0 unspecified atom stereocenters. The normalized spacial score (nSPS) is 18.5. The van der Waals surface area contributed by atoms with Crippen LogP contribution in [0, 0.1) is 6.92 Å². The van der Waals surface area contributed by atoms with Gasteiger partial charge in [0.15, 0.2) is 0 Å². The predicted molar refractivity (Wildman–Crippen MR) is 78.4 cm³/mol. The van der Waals surface area contributed by atoms with Crippen LogP contribution >= 0.6 is 11.3 Å². The van der Waals surface area contributed by atoms with E-state index in [1.807, 2.05) is 12.3 Å². The molecule has 0 saturated carbocycles. The summed E-state index contributed by atoms with van der Waals surface area (Å²) >= 11 is 1.49. The van der Waals surface area contributed by atoms with Crippen molar-refractivity contribution in [2.45, 2.75) is 25.9 Å². The van der Waals surface area contributed by atoms with Crippen molar-refractivity contribution < 1.29 is 9.53 Å². The lowest BCUT2D eigenvalue weighted by molar-refractivity contribution is 0.0521. The minimum Gasteiger partial charge on any atom is -0.471 e. The minimum atomic E-state index is -0.0425. The van der Waals surface area contributed by atoms with E-state index in [2.05, 4.69) is 15.2 Å². The molecule has 0 spiro atoms. The van der Waals surface area contributed by atoms with Crippen molar-refractivity contribution in [1.82, 2.24) is 20.1 Å². The molecule has 3 rings (SSSR count). The van der Waals surface area contributed by atoms with E-state index in [4.69, 9.17) is 4.74 Å². The summed E-state index contributed by atoms with van der Waals surface area (Å²) in [7, 11) is 0. The van der Waals surface area contributed by atoms with E-state index in [0.29, 0.717) is 18.1 Å². The average Bonchev–Trinajstić information content (AvgIpc) is 2.94. The highest BCUT2D eigenvalue weighted by molar-refractivity contribution is 7.09. The third-order valence-corrected chi connectivity index (χ3v) is 4.11. The van der Waals surface area contributed by atoms with Crippen LogP contribution in [0.5, 0.6) is 5.88 Å². The molecule has 0 aromatic carbocycles. The SMILES string of the molecule is Cc1nc(C(=O)N2CCC[C@H](Oc3cccnn3)C2)cs1. The molecule has 1 fully saturated rings. The van der Waals surface area contributed by atoms with Crippen LogP contribution in [0.25, 0.3) is 0 Å². The molecule has 1 atom stereocenters. The van der Waals surface area contributed by atoms with Crippen LogP contribution in [0.3, 0.4) is 0 Å². The fourth-order valence-electron chi connectivity index (χ4n) is 2.36. The van der Waals surface area contributed by atoms with Gasteiger partial charge in [-0.1, -0.05) is 0 Å². The Balaban J connectivity index is 1.64. The topological polar surface area (TPSA) is 68.2 Å². The van der Waals surface area contributed by atoms with Gasteiger partial charge in [-0.2, -0.15) is 5.10 Å². The first-order valence-corrected chi connectivity index (χ1v) is 7.76. The second kappa shape index (κ2) is 6.17. The van der Waals surface area contributed by atoms with Crippen LogP contribution in [-0.2, 0) is 0 Å². The average molecular weight is 304 g/mol. The van der Waals surface area contributed by atoms with Crippen LogP contribution in [-0.4, -0.2) is 45.2 Å². The first kappa shape index (κ1) is 13.9. The van der Waals surface area contributed by atoms with Crippen LogP contribution < -0.4 is 4.74 Å². The Morgan fingerprint density at radius 3 is 3.14 bits per heavy atom. The maximum absolute atomic E-state index is 12.4. The van der Waals surface area contributed by atoms with Crippen molar-refractivity contribution in [3.63, 3.8) is 0 Å². The molecule has 2 aromatic rings. The van der Waals surface area contributed by atoms with Gasteiger partial charge in [-0.15, -0.1) is 16.4 Å². The standard InChI is InChI=1S/C14H16N4O2S/c1-10-16-12(9-21-10)14(19)18-7-3-4-11(8-18)20-13-5-2-6-15-17-13/h2,5-6,9,11H,3-4,7-8H2,1H3/t11-/m0/s1. The quantitative estimate of drug-likeness (QED) is 0.866. The number of likely N-dealkylation sites (tertiary alicyclic amines) is 1. The number of aromatic nitrogens is 3. The molecule has 2 aromatic heterocycles. The molecule has 0 bridgehead atoms. The summed E-state index contributed by atoms with van der Waals surface area (Å²) in [6.07, 6.45) is 3.39. The number of aryl methyl sites for hydroxylation is 1. The number of thiazole rings is 1. The molecule has 1 aliphatic rings. The zero-order chi connectivity index (χ0) is 14.7. The molecule has 1 amide bonds. The Hall–Kier alpha value is -2.02. The Labute approximate surface area is 126 Å². The zero-order valence-electron chi connectivity index (χ0n) is 11.7. The van der Waals surface area contributed by atoms with Gasteiger partial charge in [0.25, 0.3) is 5.91 Å². The lowest BCUT2D eigenvalue weighted by Crippen LogP contribution is -2.44. The van der Waals surface area contributed by atoms with Gasteiger partial charge in [0, 0.05) is 24.2 Å². The minimum absolute atomic E-state index is 0.0215. The second-order valence-corrected chi connectivity index (χ2v) is 6.01.